The van der Waals surface area contributed by atoms with Crippen molar-refractivity contribution in [2.24, 2.45) is 0 Å². The van der Waals surface area contributed by atoms with Crippen LogP contribution in [0.4, 0.5) is 5.82 Å². The molecule has 2 aliphatic rings. The molecule has 122 valence electrons. The topological polar surface area (TPSA) is 56.1 Å². The van der Waals surface area contributed by atoms with E-state index in [2.05, 4.69) is 33.0 Å². The van der Waals surface area contributed by atoms with Crippen molar-refractivity contribution in [1.29, 1.82) is 0 Å². The highest BCUT2D eigenvalue weighted by molar-refractivity contribution is 5.50. The number of aryl methyl sites for hydroxylation is 3. The van der Waals surface area contributed by atoms with E-state index in [-0.39, 0.29) is 6.10 Å². The number of anilines is 1. The molecule has 0 bridgehead atoms. The summed E-state index contributed by atoms with van der Waals surface area (Å²) in [6.45, 7) is 7.42. The first kappa shape index (κ1) is 14.6. The molecule has 1 saturated heterocycles. The summed E-state index contributed by atoms with van der Waals surface area (Å²) in [7, 11) is 0. The summed E-state index contributed by atoms with van der Waals surface area (Å²) < 4.78 is 8.02. The van der Waals surface area contributed by atoms with Gasteiger partial charge in [0.25, 0.3) is 0 Å². The van der Waals surface area contributed by atoms with Gasteiger partial charge in [-0.3, -0.25) is 4.68 Å². The summed E-state index contributed by atoms with van der Waals surface area (Å²) in [6.07, 6.45) is 5.25. The molecule has 0 radical (unpaired) electrons. The molecule has 4 rings (SSSR count). The number of hydrogen-bond acceptors (Lipinski definition) is 5. The van der Waals surface area contributed by atoms with E-state index in [0.29, 0.717) is 0 Å². The molecule has 1 atom stereocenters. The fraction of sp³-hybridized carbons (Fsp3) is 0.588. The number of hydrogen-bond donors (Lipinski definition) is 0. The van der Waals surface area contributed by atoms with E-state index in [4.69, 9.17) is 4.74 Å². The Morgan fingerprint density at radius 3 is 3.00 bits per heavy atom. The molecule has 0 amide bonds. The molecule has 0 spiro atoms. The molecule has 1 fully saturated rings. The molecule has 6 nitrogen and oxygen atoms in total. The smallest absolute Gasteiger partial charge is 0.135 e. The van der Waals surface area contributed by atoms with Crippen molar-refractivity contribution in [3.05, 3.63) is 35.0 Å². The Morgan fingerprint density at radius 1 is 1.26 bits per heavy atom. The van der Waals surface area contributed by atoms with Crippen LogP contribution in [0.3, 0.4) is 0 Å². The van der Waals surface area contributed by atoms with Crippen molar-refractivity contribution in [3.8, 4) is 0 Å². The van der Waals surface area contributed by atoms with Crippen LogP contribution in [0.25, 0.3) is 0 Å². The minimum atomic E-state index is 0.147. The fourth-order valence-corrected chi connectivity index (χ4v) is 3.69. The van der Waals surface area contributed by atoms with Gasteiger partial charge in [-0.05, 0) is 39.2 Å². The first-order chi connectivity index (χ1) is 11.2. The lowest BCUT2D eigenvalue weighted by Crippen LogP contribution is -2.45. The van der Waals surface area contributed by atoms with Crippen molar-refractivity contribution in [2.75, 3.05) is 24.6 Å². The molecule has 0 aromatic carbocycles. The number of nitrogens with zero attached hydrogens (tertiary/aromatic N) is 5. The summed E-state index contributed by atoms with van der Waals surface area (Å²) in [4.78, 5) is 11.4. The number of fused-ring (bicyclic) bond motifs is 1. The van der Waals surface area contributed by atoms with Crippen LogP contribution in [0.5, 0.6) is 0 Å². The third-order valence-electron chi connectivity index (χ3n) is 4.77. The van der Waals surface area contributed by atoms with Crippen molar-refractivity contribution >= 4 is 5.82 Å². The van der Waals surface area contributed by atoms with Gasteiger partial charge in [-0.1, -0.05) is 0 Å². The fourth-order valence-electron chi connectivity index (χ4n) is 3.69. The minimum absolute atomic E-state index is 0.147. The lowest BCUT2D eigenvalue weighted by molar-refractivity contribution is 0.0267. The van der Waals surface area contributed by atoms with Gasteiger partial charge >= 0.3 is 0 Å². The quantitative estimate of drug-likeness (QED) is 0.863. The summed E-state index contributed by atoms with van der Waals surface area (Å²) >= 11 is 0. The molecular weight excluding hydrogens is 290 g/mol. The summed E-state index contributed by atoms with van der Waals surface area (Å²) in [5.41, 5.74) is 4.82. The van der Waals surface area contributed by atoms with Crippen molar-refractivity contribution < 1.29 is 4.74 Å². The van der Waals surface area contributed by atoms with Gasteiger partial charge in [0.15, 0.2) is 0 Å². The predicted octanol–water partition coefficient (Wildman–Crippen LogP) is 1.68. The van der Waals surface area contributed by atoms with Crippen LogP contribution >= 0.6 is 0 Å². The Labute approximate surface area is 136 Å². The Hall–Kier alpha value is -1.95. The van der Waals surface area contributed by atoms with E-state index in [1.807, 2.05) is 11.6 Å². The lowest BCUT2D eigenvalue weighted by Gasteiger charge is -2.34. The number of aromatic nitrogens is 4. The van der Waals surface area contributed by atoms with Gasteiger partial charge in [-0.15, -0.1) is 0 Å². The van der Waals surface area contributed by atoms with Gasteiger partial charge in [-0.25, -0.2) is 9.97 Å². The molecule has 0 N–H and O–H groups in total. The monoisotopic (exact) mass is 313 g/mol. The predicted molar refractivity (Wildman–Crippen MR) is 87.7 cm³/mol. The maximum absolute atomic E-state index is 5.97. The zero-order valence-corrected chi connectivity index (χ0v) is 13.8. The second-order valence-electron chi connectivity index (χ2n) is 6.52. The summed E-state index contributed by atoms with van der Waals surface area (Å²) in [5, 5.41) is 4.55. The van der Waals surface area contributed by atoms with Crippen LogP contribution in [0, 0.1) is 13.8 Å². The van der Waals surface area contributed by atoms with E-state index in [1.165, 1.54) is 23.4 Å². The molecule has 1 unspecified atom stereocenters. The third-order valence-corrected chi connectivity index (χ3v) is 4.77. The first-order valence-electron chi connectivity index (χ1n) is 8.41. The van der Waals surface area contributed by atoms with Crippen molar-refractivity contribution in [1.82, 2.24) is 19.7 Å². The standard InChI is InChI=1S/C17H23N5O/c1-12-8-13(2)22(20-12)10-14-9-21(6-7-23-14)17-15-4-3-5-16(15)18-11-19-17/h8,11,14H,3-7,9-10H2,1-2H3. The Bertz CT molecular complexity index is 711. The van der Waals surface area contributed by atoms with E-state index in [1.54, 1.807) is 6.33 Å². The zero-order valence-electron chi connectivity index (χ0n) is 13.8. The van der Waals surface area contributed by atoms with Crippen LogP contribution in [0.2, 0.25) is 0 Å². The number of rotatable bonds is 3. The van der Waals surface area contributed by atoms with E-state index >= 15 is 0 Å². The van der Waals surface area contributed by atoms with Crippen LogP contribution in [-0.4, -0.2) is 45.5 Å². The van der Waals surface area contributed by atoms with E-state index in [9.17, 15) is 0 Å². The summed E-state index contributed by atoms with van der Waals surface area (Å²) in [5.74, 6) is 1.12. The van der Waals surface area contributed by atoms with Crippen molar-refractivity contribution in [3.63, 3.8) is 0 Å². The van der Waals surface area contributed by atoms with Crippen LogP contribution < -0.4 is 4.90 Å². The molecule has 1 aliphatic carbocycles. The molecule has 3 heterocycles. The second kappa shape index (κ2) is 5.92. The summed E-state index contributed by atoms with van der Waals surface area (Å²) in [6, 6.07) is 2.11. The molecule has 6 heteroatoms. The number of morpholine rings is 1. The van der Waals surface area contributed by atoms with Crippen LogP contribution in [-0.2, 0) is 24.1 Å². The highest BCUT2D eigenvalue weighted by atomic mass is 16.5. The third kappa shape index (κ3) is 2.83. The van der Waals surface area contributed by atoms with Gasteiger partial charge in [-0.2, -0.15) is 5.10 Å². The van der Waals surface area contributed by atoms with E-state index < -0.39 is 0 Å². The molecule has 2 aromatic heterocycles. The number of ether oxygens (including phenoxy) is 1. The van der Waals surface area contributed by atoms with Crippen LogP contribution in [0.15, 0.2) is 12.4 Å². The highest BCUT2D eigenvalue weighted by Gasteiger charge is 2.26. The Balaban J connectivity index is 1.51. The maximum atomic E-state index is 5.97. The molecule has 23 heavy (non-hydrogen) atoms. The Kier molecular flexibility index (Phi) is 3.77. The minimum Gasteiger partial charge on any atom is -0.373 e. The van der Waals surface area contributed by atoms with Gasteiger partial charge < -0.3 is 9.64 Å². The largest absolute Gasteiger partial charge is 0.373 e. The lowest BCUT2D eigenvalue weighted by atomic mass is 10.2. The maximum Gasteiger partial charge on any atom is 0.135 e. The van der Waals surface area contributed by atoms with Gasteiger partial charge in [0.05, 0.1) is 24.9 Å². The zero-order chi connectivity index (χ0) is 15.8. The average Bonchev–Trinajstić information content (AvgIpc) is 3.14. The van der Waals surface area contributed by atoms with Gasteiger partial charge in [0.2, 0.25) is 0 Å². The highest BCUT2D eigenvalue weighted by Crippen LogP contribution is 2.29. The second-order valence-corrected chi connectivity index (χ2v) is 6.52. The Morgan fingerprint density at radius 2 is 2.17 bits per heavy atom. The van der Waals surface area contributed by atoms with Crippen LogP contribution in [0.1, 0.15) is 29.1 Å². The average molecular weight is 313 g/mol. The first-order valence-corrected chi connectivity index (χ1v) is 8.41. The van der Waals surface area contributed by atoms with Crippen molar-refractivity contribution in [2.45, 2.75) is 45.8 Å². The van der Waals surface area contributed by atoms with Gasteiger partial charge in [0.1, 0.15) is 12.1 Å². The normalized spacial score (nSPS) is 20.8. The SMILES string of the molecule is Cc1cc(C)n(CC2CN(c3ncnc4c3CCC4)CCO2)n1. The van der Waals surface area contributed by atoms with E-state index in [0.717, 1.165) is 50.6 Å². The molecule has 1 aliphatic heterocycles. The van der Waals surface area contributed by atoms with Gasteiger partial charge in [0, 0.05) is 30.0 Å². The molecule has 2 aromatic rings. The molecule has 0 saturated carbocycles. The molecular formula is C17H23N5O.